The molecule has 3 aromatic rings. The van der Waals surface area contributed by atoms with Crippen molar-refractivity contribution < 1.29 is 4.39 Å². The van der Waals surface area contributed by atoms with Gasteiger partial charge in [0, 0.05) is 11.4 Å². The van der Waals surface area contributed by atoms with Crippen LogP contribution in [-0.4, -0.2) is 15.4 Å². The number of imidazole rings is 1. The van der Waals surface area contributed by atoms with Gasteiger partial charge in [-0.15, -0.1) is 11.3 Å². The number of nitrogens with one attached hydrogen (secondary N) is 1. The number of aromatic nitrogens is 2. The normalized spacial score (nSPS) is 17.7. The average molecular weight is 428 g/mol. The molecule has 6 heteroatoms. The van der Waals surface area contributed by atoms with Crippen LogP contribution in [0, 0.1) is 5.82 Å². The molecule has 0 radical (unpaired) electrons. The lowest BCUT2D eigenvalue weighted by atomic mass is 9.95. The number of fused-ring (bicyclic) bond motifs is 1. The molecule has 0 aliphatic heterocycles. The van der Waals surface area contributed by atoms with Crippen molar-refractivity contribution in [3.63, 3.8) is 0 Å². The van der Waals surface area contributed by atoms with Crippen LogP contribution in [0.15, 0.2) is 41.8 Å². The Kier molecular flexibility index (Phi) is 5.18. The van der Waals surface area contributed by atoms with E-state index in [9.17, 15) is 4.39 Å². The Bertz CT molecular complexity index is 1080. The highest BCUT2D eigenvalue weighted by Gasteiger charge is 2.25. The second-order valence-electron chi connectivity index (χ2n) is 7.78. The van der Waals surface area contributed by atoms with Crippen LogP contribution in [0.3, 0.4) is 0 Å². The van der Waals surface area contributed by atoms with Gasteiger partial charge in [0.1, 0.15) is 17.3 Å². The smallest absolute Gasteiger partial charge is 0.196 e. The fourth-order valence-corrected chi connectivity index (χ4v) is 5.54. The van der Waals surface area contributed by atoms with E-state index in [1.54, 1.807) is 23.5 Å². The molecule has 150 valence electrons. The molecule has 2 aliphatic rings. The number of hydrogen-bond donors (Lipinski definition) is 1. The molecule has 1 saturated carbocycles. The Morgan fingerprint density at radius 2 is 2.07 bits per heavy atom. The van der Waals surface area contributed by atoms with Gasteiger partial charge in [0.05, 0.1) is 16.3 Å². The third-order valence-corrected chi connectivity index (χ3v) is 6.99. The largest absolute Gasteiger partial charge is 0.367 e. The van der Waals surface area contributed by atoms with E-state index in [0.29, 0.717) is 22.3 Å². The maximum Gasteiger partial charge on any atom is 0.196 e. The minimum absolute atomic E-state index is 0.337. The lowest BCUT2D eigenvalue weighted by Crippen LogP contribution is -2.23. The molecule has 3 nitrogen and oxygen atoms in total. The van der Waals surface area contributed by atoms with Crippen LogP contribution < -0.4 is 5.32 Å². The molecule has 2 aromatic heterocycles. The van der Waals surface area contributed by atoms with Gasteiger partial charge in [0.2, 0.25) is 0 Å². The highest BCUT2D eigenvalue weighted by molar-refractivity contribution is 7.15. The van der Waals surface area contributed by atoms with E-state index in [0.717, 1.165) is 42.2 Å². The van der Waals surface area contributed by atoms with Crippen molar-refractivity contribution in [2.75, 3.05) is 5.32 Å². The summed E-state index contributed by atoms with van der Waals surface area (Å²) in [4.78, 5) is 5.70. The Morgan fingerprint density at radius 3 is 2.83 bits per heavy atom. The van der Waals surface area contributed by atoms with Gasteiger partial charge >= 0.3 is 0 Å². The summed E-state index contributed by atoms with van der Waals surface area (Å²) in [5.41, 5.74) is 3.42. The van der Waals surface area contributed by atoms with Gasteiger partial charge in [-0.1, -0.05) is 55.2 Å². The van der Waals surface area contributed by atoms with Crippen LogP contribution in [0.1, 0.15) is 50.6 Å². The number of benzene rings is 1. The molecule has 2 aliphatic carbocycles. The molecule has 0 saturated heterocycles. The number of allylic oxidation sites excluding steroid dienone is 4. The SMILES string of the molecule is Fc1cccc(Cl)c1-c1nc2scc(C3=CC=CCC3)n2c1NC1CCCCC1. The molecule has 5 rings (SSSR count). The third-order valence-electron chi connectivity index (χ3n) is 5.85. The zero-order valence-corrected chi connectivity index (χ0v) is 17.7. The van der Waals surface area contributed by atoms with E-state index >= 15 is 0 Å². The highest BCUT2D eigenvalue weighted by atomic mass is 35.5. The quantitative estimate of drug-likeness (QED) is 0.472. The van der Waals surface area contributed by atoms with Crippen molar-refractivity contribution in [2.24, 2.45) is 0 Å². The maximum absolute atomic E-state index is 14.8. The summed E-state index contributed by atoms with van der Waals surface area (Å²) in [7, 11) is 0. The van der Waals surface area contributed by atoms with Crippen LogP contribution in [-0.2, 0) is 0 Å². The Balaban J connectivity index is 1.70. The van der Waals surface area contributed by atoms with E-state index in [4.69, 9.17) is 16.6 Å². The first-order valence-electron chi connectivity index (χ1n) is 10.3. The van der Waals surface area contributed by atoms with E-state index in [2.05, 4.69) is 33.3 Å². The molecule has 29 heavy (non-hydrogen) atoms. The number of anilines is 1. The van der Waals surface area contributed by atoms with Crippen molar-refractivity contribution in [1.29, 1.82) is 0 Å². The highest BCUT2D eigenvalue weighted by Crippen LogP contribution is 2.40. The van der Waals surface area contributed by atoms with Gasteiger partial charge in [-0.3, -0.25) is 4.40 Å². The third kappa shape index (κ3) is 3.51. The van der Waals surface area contributed by atoms with Crippen LogP contribution >= 0.6 is 22.9 Å². The van der Waals surface area contributed by atoms with E-state index in [-0.39, 0.29) is 5.82 Å². The van der Waals surface area contributed by atoms with Gasteiger partial charge in [-0.05, 0) is 43.4 Å². The second kappa shape index (κ2) is 7.96. The molecular formula is C23H23ClFN3S. The first kappa shape index (κ1) is 18.9. The molecule has 0 unspecified atom stereocenters. The summed E-state index contributed by atoms with van der Waals surface area (Å²) in [6.07, 6.45) is 14.5. The average Bonchev–Trinajstić information content (AvgIpc) is 3.30. The van der Waals surface area contributed by atoms with Gasteiger partial charge in [-0.25, -0.2) is 9.37 Å². The first-order valence-corrected chi connectivity index (χ1v) is 11.5. The number of thiazole rings is 1. The van der Waals surface area contributed by atoms with Crippen molar-refractivity contribution in [3.8, 4) is 11.3 Å². The maximum atomic E-state index is 14.8. The van der Waals surface area contributed by atoms with E-state index in [1.165, 1.54) is 30.9 Å². The van der Waals surface area contributed by atoms with Crippen molar-refractivity contribution in [2.45, 2.75) is 51.0 Å². The molecule has 1 N–H and O–H groups in total. The minimum Gasteiger partial charge on any atom is -0.367 e. The van der Waals surface area contributed by atoms with E-state index < -0.39 is 0 Å². The molecule has 1 aromatic carbocycles. The predicted molar refractivity (Wildman–Crippen MR) is 120 cm³/mol. The monoisotopic (exact) mass is 427 g/mol. The Hall–Kier alpha value is -2.11. The van der Waals surface area contributed by atoms with Gasteiger partial charge in [0.15, 0.2) is 4.96 Å². The number of halogens is 2. The topological polar surface area (TPSA) is 29.3 Å². The molecular weight excluding hydrogens is 405 g/mol. The van der Waals surface area contributed by atoms with Gasteiger partial charge < -0.3 is 5.32 Å². The van der Waals surface area contributed by atoms with Crippen molar-refractivity contribution in [1.82, 2.24) is 9.38 Å². The molecule has 0 bridgehead atoms. The predicted octanol–water partition coefficient (Wildman–Crippen LogP) is 7.33. The number of nitrogens with zero attached hydrogens (tertiary/aromatic N) is 2. The van der Waals surface area contributed by atoms with Crippen molar-refractivity contribution >= 4 is 39.3 Å². The molecule has 0 spiro atoms. The standard InChI is InChI=1S/C23H23ClFN3S/c24-17-12-7-13-18(25)20(17)21-22(26-16-10-5-2-6-11-16)28-19(14-29-23(28)27-21)15-8-3-1-4-9-15/h1,3,7-8,12-14,16,26H,2,4-6,9-11H2. The molecule has 2 heterocycles. The molecule has 0 amide bonds. The Morgan fingerprint density at radius 1 is 1.21 bits per heavy atom. The molecule has 1 fully saturated rings. The summed E-state index contributed by atoms with van der Waals surface area (Å²) >= 11 is 8.02. The zero-order valence-electron chi connectivity index (χ0n) is 16.1. The van der Waals surface area contributed by atoms with Crippen LogP contribution in [0.5, 0.6) is 0 Å². The fraction of sp³-hybridized carbons (Fsp3) is 0.348. The zero-order chi connectivity index (χ0) is 19.8. The van der Waals surface area contributed by atoms with Crippen LogP contribution in [0.2, 0.25) is 5.02 Å². The van der Waals surface area contributed by atoms with Gasteiger partial charge in [-0.2, -0.15) is 0 Å². The summed E-state index contributed by atoms with van der Waals surface area (Å²) < 4.78 is 17.0. The second-order valence-corrected chi connectivity index (χ2v) is 9.03. The summed E-state index contributed by atoms with van der Waals surface area (Å²) in [6, 6.07) is 5.20. The number of hydrogen-bond acceptors (Lipinski definition) is 3. The van der Waals surface area contributed by atoms with Crippen LogP contribution in [0.25, 0.3) is 21.8 Å². The summed E-state index contributed by atoms with van der Waals surface area (Å²) in [6.45, 7) is 0. The first-order chi connectivity index (χ1) is 14.2. The fourth-order valence-electron chi connectivity index (χ4n) is 4.37. The lowest BCUT2D eigenvalue weighted by molar-refractivity contribution is 0.461. The molecule has 0 atom stereocenters. The van der Waals surface area contributed by atoms with Gasteiger partial charge in [0.25, 0.3) is 0 Å². The minimum atomic E-state index is -0.337. The number of rotatable bonds is 4. The van der Waals surface area contributed by atoms with E-state index in [1.807, 2.05) is 0 Å². The van der Waals surface area contributed by atoms with Crippen molar-refractivity contribution in [3.05, 3.63) is 58.3 Å². The Labute approximate surface area is 178 Å². The summed E-state index contributed by atoms with van der Waals surface area (Å²) in [5.74, 6) is 0.530. The summed E-state index contributed by atoms with van der Waals surface area (Å²) in [5, 5.41) is 6.28. The van der Waals surface area contributed by atoms with Crippen LogP contribution in [0.4, 0.5) is 10.2 Å². The lowest BCUT2D eigenvalue weighted by Gasteiger charge is -2.24.